The van der Waals surface area contributed by atoms with Crippen LogP contribution in [-0.2, 0) is 6.42 Å². The van der Waals surface area contributed by atoms with Gasteiger partial charge in [-0.2, -0.15) is 0 Å². The van der Waals surface area contributed by atoms with E-state index < -0.39 is 0 Å². The average Bonchev–Trinajstić information content (AvgIpc) is 2.90. The van der Waals surface area contributed by atoms with Gasteiger partial charge < -0.3 is 10.2 Å². The zero-order valence-electron chi connectivity index (χ0n) is 12.5. The molecule has 2 heterocycles. The molecular formula is C18H20N2O. The largest absolute Gasteiger partial charge is 0.457 e. The van der Waals surface area contributed by atoms with Crippen molar-refractivity contribution in [1.82, 2.24) is 4.98 Å². The number of aryl methyl sites for hydroxylation is 2. The Morgan fingerprint density at radius 1 is 1.14 bits per heavy atom. The molecule has 3 rings (SSSR count). The van der Waals surface area contributed by atoms with Gasteiger partial charge in [0.15, 0.2) is 5.58 Å². The number of hydrogen-bond donors (Lipinski definition) is 1. The van der Waals surface area contributed by atoms with E-state index in [1.54, 1.807) is 0 Å². The van der Waals surface area contributed by atoms with Gasteiger partial charge in [0.05, 0.1) is 6.04 Å². The van der Waals surface area contributed by atoms with Crippen molar-refractivity contribution >= 4 is 11.1 Å². The molecular weight excluding hydrogens is 260 g/mol. The van der Waals surface area contributed by atoms with Crippen LogP contribution in [0.4, 0.5) is 0 Å². The van der Waals surface area contributed by atoms with Crippen LogP contribution >= 0.6 is 0 Å². The van der Waals surface area contributed by atoms with Crippen molar-refractivity contribution < 1.29 is 4.42 Å². The number of nitrogens with two attached hydrogens (primary N) is 1. The van der Waals surface area contributed by atoms with Gasteiger partial charge in [-0.25, -0.2) is 4.98 Å². The number of pyridine rings is 1. The number of benzene rings is 1. The van der Waals surface area contributed by atoms with Crippen molar-refractivity contribution in [3.8, 4) is 0 Å². The van der Waals surface area contributed by atoms with Gasteiger partial charge >= 0.3 is 0 Å². The summed E-state index contributed by atoms with van der Waals surface area (Å²) in [6.45, 7) is 4.15. The second-order valence-corrected chi connectivity index (χ2v) is 5.45. The van der Waals surface area contributed by atoms with Crippen LogP contribution in [0.15, 0.2) is 46.9 Å². The minimum atomic E-state index is -0.254. The molecule has 0 aliphatic rings. The van der Waals surface area contributed by atoms with Gasteiger partial charge in [-0.3, -0.25) is 0 Å². The molecule has 0 radical (unpaired) electrons. The van der Waals surface area contributed by atoms with E-state index in [2.05, 4.69) is 36.2 Å². The number of fused-ring (bicyclic) bond motifs is 1. The molecule has 1 aromatic carbocycles. The third-order valence-electron chi connectivity index (χ3n) is 3.72. The second kappa shape index (κ2) is 5.70. The lowest BCUT2D eigenvalue weighted by Crippen LogP contribution is -2.10. The molecule has 1 unspecified atom stereocenters. The lowest BCUT2D eigenvalue weighted by Gasteiger charge is -2.09. The van der Waals surface area contributed by atoms with E-state index >= 15 is 0 Å². The first kappa shape index (κ1) is 13.8. The Hall–Kier alpha value is -2.13. The number of rotatable bonds is 4. The summed E-state index contributed by atoms with van der Waals surface area (Å²) in [5.74, 6) is 0.756. The van der Waals surface area contributed by atoms with Crippen LogP contribution in [0.1, 0.15) is 42.0 Å². The summed E-state index contributed by atoms with van der Waals surface area (Å²) in [5.41, 5.74) is 11.4. The third kappa shape index (κ3) is 2.83. The van der Waals surface area contributed by atoms with Gasteiger partial charge in [-0.15, -0.1) is 0 Å². The van der Waals surface area contributed by atoms with E-state index in [4.69, 9.17) is 10.2 Å². The fraction of sp³-hybridized carbons (Fsp3) is 0.278. The predicted octanol–water partition coefficient (Wildman–Crippen LogP) is 4.14. The average molecular weight is 280 g/mol. The van der Waals surface area contributed by atoms with Gasteiger partial charge in [-0.05, 0) is 36.6 Å². The van der Waals surface area contributed by atoms with E-state index in [9.17, 15) is 0 Å². The molecule has 3 aromatic rings. The molecule has 3 heteroatoms. The van der Waals surface area contributed by atoms with E-state index in [1.165, 1.54) is 5.56 Å². The maximum Gasteiger partial charge on any atom is 0.152 e. The normalized spacial score (nSPS) is 12.7. The standard InChI is InChI=1S/C18H20N2O/c1-3-4-13-6-8-14(9-7-13)18(19)17-11-15-16(21-17)10-5-12(2)20-15/h5-11,18H,3-4,19H2,1-2H3. The van der Waals surface area contributed by atoms with Crippen molar-refractivity contribution in [2.45, 2.75) is 32.7 Å². The van der Waals surface area contributed by atoms with Crippen molar-refractivity contribution in [1.29, 1.82) is 0 Å². The highest BCUT2D eigenvalue weighted by atomic mass is 16.3. The Bertz CT molecular complexity index is 744. The Kier molecular flexibility index (Phi) is 3.76. The lowest BCUT2D eigenvalue weighted by atomic mass is 10.0. The molecule has 2 aromatic heterocycles. The molecule has 0 amide bonds. The van der Waals surface area contributed by atoms with Crippen molar-refractivity contribution in [3.63, 3.8) is 0 Å². The van der Waals surface area contributed by atoms with Crippen molar-refractivity contribution in [2.24, 2.45) is 5.73 Å². The van der Waals surface area contributed by atoms with Crippen LogP contribution in [0, 0.1) is 6.92 Å². The highest BCUT2D eigenvalue weighted by molar-refractivity contribution is 5.73. The van der Waals surface area contributed by atoms with Crippen LogP contribution in [0.3, 0.4) is 0 Å². The quantitative estimate of drug-likeness (QED) is 0.781. The summed E-state index contributed by atoms with van der Waals surface area (Å²) >= 11 is 0. The molecule has 0 aliphatic heterocycles. The molecule has 0 saturated carbocycles. The Morgan fingerprint density at radius 3 is 2.62 bits per heavy atom. The second-order valence-electron chi connectivity index (χ2n) is 5.45. The summed E-state index contributed by atoms with van der Waals surface area (Å²) < 4.78 is 5.83. The molecule has 1 atom stereocenters. The first-order chi connectivity index (χ1) is 10.2. The van der Waals surface area contributed by atoms with E-state index in [0.717, 1.165) is 41.0 Å². The predicted molar refractivity (Wildman–Crippen MR) is 85.2 cm³/mol. The lowest BCUT2D eigenvalue weighted by molar-refractivity contribution is 0.525. The fourth-order valence-corrected chi connectivity index (χ4v) is 2.54. The van der Waals surface area contributed by atoms with Gasteiger partial charge in [0.1, 0.15) is 11.3 Å². The minimum absolute atomic E-state index is 0.254. The molecule has 21 heavy (non-hydrogen) atoms. The smallest absolute Gasteiger partial charge is 0.152 e. The molecule has 0 aliphatic carbocycles. The number of nitrogens with zero attached hydrogens (tertiary/aromatic N) is 1. The SMILES string of the molecule is CCCc1ccc(C(N)c2cc3nc(C)ccc3o2)cc1. The van der Waals surface area contributed by atoms with Crippen molar-refractivity contribution in [2.75, 3.05) is 0 Å². The van der Waals surface area contributed by atoms with Crippen LogP contribution in [0.5, 0.6) is 0 Å². The Morgan fingerprint density at radius 2 is 1.90 bits per heavy atom. The van der Waals surface area contributed by atoms with Crippen LogP contribution < -0.4 is 5.73 Å². The molecule has 2 N–H and O–H groups in total. The number of furan rings is 1. The highest BCUT2D eigenvalue weighted by Gasteiger charge is 2.14. The summed E-state index contributed by atoms with van der Waals surface area (Å²) in [4.78, 5) is 4.46. The van der Waals surface area contributed by atoms with Gasteiger partial charge in [-0.1, -0.05) is 37.6 Å². The third-order valence-corrected chi connectivity index (χ3v) is 3.72. The van der Waals surface area contributed by atoms with E-state index in [-0.39, 0.29) is 6.04 Å². The van der Waals surface area contributed by atoms with Crippen LogP contribution in [0.25, 0.3) is 11.1 Å². The number of hydrogen-bond acceptors (Lipinski definition) is 3. The molecule has 0 saturated heterocycles. The topological polar surface area (TPSA) is 52.0 Å². The molecule has 108 valence electrons. The van der Waals surface area contributed by atoms with E-state index in [1.807, 2.05) is 25.1 Å². The Labute approximate surface area is 124 Å². The summed E-state index contributed by atoms with van der Waals surface area (Å²) in [5, 5.41) is 0. The number of aromatic nitrogens is 1. The fourth-order valence-electron chi connectivity index (χ4n) is 2.54. The summed E-state index contributed by atoms with van der Waals surface area (Å²) in [6, 6.07) is 14.0. The maximum atomic E-state index is 6.32. The first-order valence-corrected chi connectivity index (χ1v) is 7.39. The molecule has 0 fully saturated rings. The van der Waals surface area contributed by atoms with Crippen LogP contribution in [-0.4, -0.2) is 4.98 Å². The Balaban J connectivity index is 1.90. The summed E-state index contributed by atoms with van der Waals surface area (Å²) in [7, 11) is 0. The van der Waals surface area contributed by atoms with E-state index in [0.29, 0.717) is 0 Å². The minimum Gasteiger partial charge on any atom is -0.457 e. The highest BCUT2D eigenvalue weighted by Crippen LogP contribution is 2.26. The van der Waals surface area contributed by atoms with Gasteiger partial charge in [0.25, 0.3) is 0 Å². The molecule has 0 spiro atoms. The van der Waals surface area contributed by atoms with Crippen LogP contribution in [0.2, 0.25) is 0 Å². The molecule has 0 bridgehead atoms. The van der Waals surface area contributed by atoms with Gasteiger partial charge in [0.2, 0.25) is 0 Å². The van der Waals surface area contributed by atoms with Gasteiger partial charge in [0, 0.05) is 11.8 Å². The monoisotopic (exact) mass is 280 g/mol. The summed E-state index contributed by atoms with van der Waals surface area (Å²) in [6.07, 6.45) is 2.25. The zero-order valence-corrected chi connectivity index (χ0v) is 12.5. The zero-order chi connectivity index (χ0) is 14.8. The van der Waals surface area contributed by atoms with Crippen molar-refractivity contribution in [3.05, 3.63) is 65.0 Å². The first-order valence-electron chi connectivity index (χ1n) is 7.39. The molecule has 3 nitrogen and oxygen atoms in total. The maximum absolute atomic E-state index is 6.32.